The highest BCUT2D eigenvalue weighted by atomic mass is 35.5. The van der Waals surface area contributed by atoms with Crippen LogP contribution in [0.3, 0.4) is 0 Å². The van der Waals surface area contributed by atoms with E-state index >= 15 is 0 Å². The first-order valence-electron chi connectivity index (χ1n) is 11.7. The molecule has 1 fully saturated rings. The second-order valence-corrected chi connectivity index (χ2v) is 8.46. The maximum absolute atomic E-state index is 11.9. The fourth-order valence-corrected chi connectivity index (χ4v) is 3.59. The predicted octanol–water partition coefficient (Wildman–Crippen LogP) is 4.80. The van der Waals surface area contributed by atoms with Crippen molar-refractivity contribution in [1.82, 2.24) is 15.3 Å². The van der Waals surface area contributed by atoms with Crippen molar-refractivity contribution in [2.45, 2.75) is 25.9 Å². The number of carbonyl (C=O) groups excluding carboxylic acids is 1. The van der Waals surface area contributed by atoms with E-state index in [1.165, 1.54) is 6.33 Å². The third-order valence-corrected chi connectivity index (χ3v) is 5.64. The van der Waals surface area contributed by atoms with Crippen molar-refractivity contribution in [3.63, 3.8) is 0 Å². The number of carbonyl (C=O) groups is 1. The van der Waals surface area contributed by atoms with Crippen LogP contribution >= 0.6 is 11.6 Å². The molecule has 36 heavy (non-hydrogen) atoms. The van der Waals surface area contributed by atoms with Gasteiger partial charge in [0.1, 0.15) is 18.2 Å². The number of rotatable bonds is 12. The Bertz CT molecular complexity index is 1190. The van der Waals surface area contributed by atoms with Gasteiger partial charge in [-0.15, -0.1) is 0 Å². The van der Waals surface area contributed by atoms with Crippen LogP contribution < -0.4 is 24.8 Å². The molecule has 4 rings (SSSR count). The predicted molar refractivity (Wildman–Crippen MR) is 136 cm³/mol. The lowest BCUT2D eigenvalue weighted by Gasteiger charge is -2.25. The standard InChI is InChI=1S/C25H29ClN4O6/c1-3-7-27-25(31)30-20-6-5-16(10-19(20)26)36-24-18-11-22(32-2)23(12-21(18)28-15-29-24)35-9-4-8-34-17-13-33-14-17/h5-6,10-12,15,17H,3-4,7-9,13-14H2,1-2H3,(H2,27,30,31). The minimum absolute atomic E-state index is 0.197. The van der Waals surface area contributed by atoms with Crippen molar-refractivity contribution >= 4 is 34.2 Å². The molecule has 0 saturated carbocycles. The quantitative estimate of drug-likeness (QED) is 0.330. The summed E-state index contributed by atoms with van der Waals surface area (Å²) in [7, 11) is 1.57. The molecule has 2 heterocycles. The van der Waals surface area contributed by atoms with E-state index in [0.29, 0.717) is 77.7 Å². The Morgan fingerprint density at radius 1 is 1.17 bits per heavy atom. The zero-order chi connectivity index (χ0) is 25.3. The summed E-state index contributed by atoms with van der Waals surface area (Å²) in [5.41, 5.74) is 1.11. The molecule has 1 saturated heterocycles. The molecule has 0 atom stereocenters. The van der Waals surface area contributed by atoms with Crippen LogP contribution in [-0.4, -0.2) is 62.2 Å². The molecule has 2 amide bonds. The summed E-state index contributed by atoms with van der Waals surface area (Å²) >= 11 is 6.35. The topological polar surface area (TPSA) is 113 Å². The lowest BCUT2D eigenvalue weighted by molar-refractivity contribution is -0.130. The van der Waals surface area contributed by atoms with Crippen molar-refractivity contribution in [3.8, 4) is 23.1 Å². The van der Waals surface area contributed by atoms with E-state index in [1.807, 2.05) is 6.92 Å². The lowest BCUT2D eigenvalue weighted by atomic mass is 10.2. The monoisotopic (exact) mass is 516 g/mol. The Kier molecular flexibility index (Phi) is 8.99. The summed E-state index contributed by atoms with van der Waals surface area (Å²) in [6, 6.07) is 8.22. The number of ether oxygens (including phenoxy) is 5. The van der Waals surface area contributed by atoms with Gasteiger partial charge in [0.25, 0.3) is 0 Å². The molecule has 0 unspecified atom stereocenters. The zero-order valence-electron chi connectivity index (χ0n) is 20.2. The van der Waals surface area contributed by atoms with Gasteiger partial charge in [-0.05, 0) is 24.6 Å². The van der Waals surface area contributed by atoms with Crippen molar-refractivity contribution in [1.29, 1.82) is 0 Å². The number of benzene rings is 2. The third-order valence-electron chi connectivity index (χ3n) is 5.33. The van der Waals surface area contributed by atoms with E-state index in [-0.39, 0.29) is 12.1 Å². The van der Waals surface area contributed by atoms with E-state index in [4.69, 9.17) is 35.3 Å². The number of urea groups is 1. The molecule has 0 bridgehead atoms. The van der Waals surface area contributed by atoms with Crippen molar-refractivity contribution in [3.05, 3.63) is 41.7 Å². The van der Waals surface area contributed by atoms with Crippen LogP contribution in [0.4, 0.5) is 10.5 Å². The van der Waals surface area contributed by atoms with Gasteiger partial charge in [0, 0.05) is 25.1 Å². The van der Waals surface area contributed by atoms with Gasteiger partial charge in [0.05, 0.1) is 55.2 Å². The molecule has 10 nitrogen and oxygen atoms in total. The summed E-state index contributed by atoms with van der Waals surface area (Å²) in [4.78, 5) is 20.5. The molecular weight excluding hydrogens is 488 g/mol. The van der Waals surface area contributed by atoms with Crippen LogP contribution in [0, 0.1) is 0 Å². The molecule has 192 valence electrons. The fourth-order valence-electron chi connectivity index (χ4n) is 3.37. The number of hydrogen-bond donors (Lipinski definition) is 2. The first-order valence-corrected chi connectivity index (χ1v) is 12.1. The average molecular weight is 517 g/mol. The molecule has 0 aliphatic carbocycles. The Labute approximate surface area is 214 Å². The van der Waals surface area contributed by atoms with E-state index < -0.39 is 0 Å². The minimum atomic E-state index is -0.320. The molecule has 1 aliphatic heterocycles. The highest BCUT2D eigenvalue weighted by Crippen LogP contribution is 2.37. The number of nitrogens with one attached hydrogen (secondary N) is 2. The van der Waals surface area contributed by atoms with Crippen molar-refractivity contribution in [2.75, 3.05) is 45.4 Å². The average Bonchev–Trinajstić information content (AvgIpc) is 2.85. The maximum atomic E-state index is 11.9. The van der Waals surface area contributed by atoms with E-state index in [0.717, 1.165) is 12.8 Å². The molecule has 11 heteroatoms. The second kappa shape index (κ2) is 12.6. The van der Waals surface area contributed by atoms with Crippen LogP contribution in [0.15, 0.2) is 36.7 Å². The SMILES string of the molecule is CCCNC(=O)Nc1ccc(Oc2ncnc3cc(OCCCOC4COC4)c(OC)cc23)cc1Cl. The highest BCUT2D eigenvalue weighted by molar-refractivity contribution is 6.33. The number of halogens is 1. The van der Waals surface area contributed by atoms with Gasteiger partial charge in [-0.1, -0.05) is 18.5 Å². The fraction of sp³-hybridized carbons (Fsp3) is 0.400. The Morgan fingerprint density at radius 3 is 2.75 bits per heavy atom. The molecule has 1 aromatic heterocycles. The third kappa shape index (κ3) is 6.66. The molecule has 0 spiro atoms. The Hall–Kier alpha value is -3.34. The number of fused-ring (bicyclic) bond motifs is 1. The maximum Gasteiger partial charge on any atom is 0.319 e. The molecule has 1 aliphatic rings. The van der Waals surface area contributed by atoms with Crippen LogP contribution in [0.2, 0.25) is 5.02 Å². The van der Waals surface area contributed by atoms with Gasteiger partial charge in [0.2, 0.25) is 5.88 Å². The molecular formula is C25H29ClN4O6. The molecule has 2 N–H and O–H groups in total. The number of hydrogen-bond acceptors (Lipinski definition) is 8. The van der Waals surface area contributed by atoms with Gasteiger partial charge in [-0.25, -0.2) is 14.8 Å². The lowest BCUT2D eigenvalue weighted by Crippen LogP contribution is -2.36. The second-order valence-electron chi connectivity index (χ2n) is 8.06. The van der Waals surface area contributed by atoms with E-state index in [2.05, 4.69) is 20.6 Å². The molecule has 2 aromatic carbocycles. The van der Waals surface area contributed by atoms with Gasteiger partial charge < -0.3 is 34.3 Å². The van der Waals surface area contributed by atoms with E-state index in [9.17, 15) is 4.79 Å². The Morgan fingerprint density at radius 2 is 2.03 bits per heavy atom. The number of nitrogens with zero attached hydrogens (tertiary/aromatic N) is 2. The summed E-state index contributed by atoms with van der Waals surface area (Å²) in [5.74, 6) is 1.89. The Balaban J connectivity index is 1.43. The molecule has 3 aromatic rings. The first kappa shape index (κ1) is 25.7. The summed E-state index contributed by atoms with van der Waals surface area (Å²) in [5, 5.41) is 6.43. The van der Waals surface area contributed by atoms with Gasteiger partial charge in [0.15, 0.2) is 11.5 Å². The summed E-state index contributed by atoms with van der Waals surface area (Å²) < 4.78 is 28.2. The number of aromatic nitrogens is 2. The smallest absolute Gasteiger partial charge is 0.319 e. The van der Waals surface area contributed by atoms with E-state index in [1.54, 1.807) is 37.4 Å². The molecule has 0 radical (unpaired) electrons. The van der Waals surface area contributed by atoms with Crippen LogP contribution in [0.5, 0.6) is 23.1 Å². The number of amides is 2. The van der Waals surface area contributed by atoms with Crippen molar-refractivity contribution < 1.29 is 28.5 Å². The normalized spacial score (nSPS) is 13.2. The first-order chi connectivity index (χ1) is 17.6. The van der Waals surface area contributed by atoms with Crippen LogP contribution in [0.25, 0.3) is 10.9 Å². The van der Waals surface area contributed by atoms with Crippen LogP contribution in [0.1, 0.15) is 19.8 Å². The minimum Gasteiger partial charge on any atom is -0.493 e. The summed E-state index contributed by atoms with van der Waals surface area (Å²) in [6.45, 7) is 4.94. The zero-order valence-corrected chi connectivity index (χ0v) is 21.0. The number of anilines is 1. The highest BCUT2D eigenvalue weighted by Gasteiger charge is 2.18. The number of methoxy groups -OCH3 is 1. The van der Waals surface area contributed by atoms with Gasteiger partial charge in [-0.3, -0.25) is 0 Å². The van der Waals surface area contributed by atoms with Gasteiger partial charge in [-0.2, -0.15) is 0 Å². The summed E-state index contributed by atoms with van der Waals surface area (Å²) in [6.07, 6.45) is 3.19. The van der Waals surface area contributed by atoms with Crippen LogP contribution in [-0.2, 0) is 9.47 Å². The largest absolute Gasteiger partial charge is 0.493 e. The van der Waals surface area contributed by atoms with Crippen molar-refractivity contribution in [2.24, 2.45) is 0 Å². The van der Waals surface area contributed by atoms with Gasteiger partial charge >= 0.3 is 6.03 Å².